The van der Waals surface area contributed by atoms with Crippen LogP contribution in [0.1, 0.15) is 30.0 Å². The van der Waals surface area contributed by atoms with Crippen molar-refractivity contribution in [3.8, 4) is 0 Å². The maximum absolute atomic E-state index is 9.44. The average molecular weight is 405 g/mol. The maximum Gasteiger partial charge on any atom is 0.191 e. The van der Waals surface area contributed by atoms with Crippen molar-refractivity contribution in [2.75, 3.05) is 66.3 Å². The highest BCUT2D eigenvalue weighted by molar-refractivity contribution is 5.79. The Labute approximate surface area is 174 Å². The Morgan fingerprint density at radius 1 is 1.24 bits per heavy atom. The van der Waals surface area contributed by atoms with Crippen molar-refractivity contribution in [3.05, 3.63) is 35.4 Å². The van der Waals surface area contributed by atoms with Gasteiger partial charge in [0.2, 0.25) is 0 Å². The van der Waals surface area contributed by atoms with E-state index in [1.165, 1.54) is 11.1 Å². The van der Waals surface area contributed by atoms with Crippen LogP contribution in [-0.2, 0) is 9.47 Å². The molecule has 29 heavy (non-hydrogen) atoms. The number of hydrogen-bond acceptors (Lipinski definition) is 5. The van der Waals surface area contributed by atoms with Gasteiger partial charge in [0.15, 0.2) is 5.96 Å². The number of aliphatic hydroxyl groups is 1. The van der Waals surface area contributed by atoms with Crippen LogP contribution in [0.3, 0.4) is 0 Å². The van der Waals surface area contributed by atoms with Gasteiger partial charge >= 0.3 is 0 Å². The van der Waals surface area contributed by atoms with Crippen molar-refractivity contribution >= 4 is 5.96 Å². The normalized spacial score (nSPS) is 24.4. The first-order valence-electron chi connectivity index (χ1n) is 10.7. The predicted molar refractivity (Wildman–Crippen MR) is 115 cm³/mol. The first kappa shape index (κ1) is 22.0. The summed E-state index contributed by atoms with van der Waals surface area (Å²) in [5, 5.41) is 16.4. The molecule has 0 aromatic heterocycles. The fraction of sp³-hybridized carbons (Fsp3) is 0.682. The van der Waals surface area contributed by atoms with Crippen molar-refractivity contribution in [1.29, 1.82) is 0 Å². The lowest BCUT2D eigenvalue weighted by molar-refractivity contribution is 0.0170. The number of nitrogens with zero attached hydrogens (tertiary/aromatic N) is 2. The highest BCUT2D eigenvalue weighted by Crippen LogP contribution is 2.31. The Morgan fingerprint density at radius 3 is 2.72 bits per heavy atom. The average Bonchev–Trinajstić information content (AvgIpc) is 3.20. The number of aryl methyl sites for hydroxylation is 1. The maximum atomic E-state index is 9.44. The zero-order valence-corrected chi connectivity index (χ0v) is 17.8. The van der Waals surface area contributed by atoms with Crippen LogP contribution >= 0.6 is 0 Å². The fourth-order valence-electron chi connectivity index (χ4n) is 4.22. The topological polar surface area (TPSA) is 78.4 Å². The van der Waals surface area contributed by atoms with E-state index >= 15 is 0 Å². The van der Waals surface area contributed by atoms with Crippen LogP contribution in [0.5, 0.6) is 0 Å². The summed E-state index contributed by atoms with van der Waals surface area (Å²) in [5.74, 6) is 0.792. The third-order valence-electron chi connectivity index (χ3n) is 6.06. The minimum absolute atomic E-state index is 0.00742. The van der Waals surface area contributed by atoms with E-state index in [1.807, 2.05) is 0 Å². The van der Waals surface area contributed by atoms with E-state index in [9.17, 15) is 5.11 Å². The SMILES string of the molecule is CN=C(NCC(c1cccc(C)c1)N1CCOCC1)NCC1(CCO)CCOC1. The number of guanidine groups is 1. The minimum atomic E-state index is -0.00742. The molecule has 2 unspecified atom stereocenters. The first-order chi connectivity index (χ1) is 14.2. The number of morpholine rings is 1. The van der Waals surface area contributed by atoms with Crippen molar-refractivity contribution in [2.45, 2.75) is 25.8 Å². The van der Waals surface area contributed by atoms with E-state index in [-0.39, 0.29) is 18.1 Å². The number of rotatable bonds is 8. The summed E-state index contributed by atoms with van der Waals surface area (Å²) in [6, 6.07) is 9.00. The lowest BCUT2D eigenvalue weighted by Gasteiger charge is -2.35. The molecule has 0 spiro atoms. The zero-order valence-electron chi connectivity index (χ0n) is 17.8. The van der Waals surface area contributed by atoms with Crippen molar-refractivity contribution in [2.24, 2.45) is 10.4 Å². The summed E-state index contributed by atoms with van der Waals surface area (Å²) in [5.41, 5.74) is 2.58. The predicted octanol–water partition coefficient (Wildman–Crippen LogP) is 1.32. The molecule has 1 aromatic carbocycles. The summed E-state index contributed by atoms with van der Waals surface area (Å²) >= 11 is 0. The van der Waals surface area contributed by atoms with Gasteiger partial charge < -0.3 is 25.2 Å². The van der Waals surface area contributed by atoms with E-state index in [0.29, 0.717) is 6.61 Å². The van der Waals surface area contributed by atoms with E-state index in [4.69, 9.17) is 9.47 Å². The monoisotopic (exact) mass is 404 g/mol. The van der Waals surface area contributed by atoms with Crippen molar-refractivity contribution in [1.82, 2.24) is 15.5 Å². The number of aliphatic imine (C=N–C) groups is 1. The second-order valence-corrected chi connectivity index (χ2v) is 8.16. The molecule has 1 aromatic rings. The third-order valence-corrected chi connectivity index (χ3v) is 6.06. The molecule has 0 saturated carbocycles. The van der Waals surface area contributed by atoms with Gasteiger partial charge in [0.05, 0.1) is 25.9 Å². The number of aliphatic hydroxyl groups excluding tert-OH is 1. The number of benzene rings is 1. The molecule has 3 rings (SSSR count). The molecule has 2 aliphatic rings. The molecule has 2 atom stereocenters. The van der Waals surface area contributed by atoms with Crippen LogP contribution < -0.4 is 10.6 Å². The molecule has 7 heteroatoms. The van der Waals surface area contributed by atoms with Gasteiger partial charge in [-0.1, -0.05) is 29.8 Å². The molecular formula is C22H36N4O3. The molecule has 0 radical (unpaired) electrons. The summed E-state index contributed by atoms with van der Waals surface area (Å²) in [4.78, 5) is 6.90. The molecular weight excluding hydrogens is 368 g/mol. The quantitative estimate of drug-likeness (QED) is 0.448. The van der Waals surface area contributed by atoms with Gasteiger partial charge in [0.1, 0.15) is 0 Å². The van der Waals surface area contributed by atoms with Gasteiger partial charge in [0, 0.05) is 51.9 Å². The molecule has 2 fully saturated rings. The molecule has 0 amide bonds. The minimum Gasteiger partial charge on any atom is -0.396 e. The van der Waals surface area contributed by atoms with E-state index in [1.54, 1.807) is 7.05 Å². The Bertz CT molecular complexity index is 655. The van der Waals surface area contributed by atoms with Gasteiger partial charge in [-0.15, -0.1) is 0 Å². The van der Waals surface area contributed by atoms with Crippen molar-refractivity contribution in [3.63, 3.8) is 0 Å². The Morgan fingerprint density at radius 2 is 2.07 bits per heavy atom. The van der Waals surface area contributed by atoms with Gasteiger partial charge in [0.25, 0.3) is 0 Å². The Kier molecular flexibility index (Phi) is 8.29. The summed E-state index contributed by atoms with van der Waals surface area (Å²) in [7, 11) is 1.80. The first-order valence-corrected chi connectivity index (χ1v) is 10.7. The standard InChI is InChI=1S/C22H36N4O3/c1-18-4-3-5-19(14-18)20(26-8-12-28-13-9-26)15-24-21(23-2)25-16-22(6-10-27)7-11-29-17-22/h3-5,14,20,27H,6-13,15-17H2,1-2H3,(H2,23,24,25). The second-order valence-electron chi connectivity index (χ2n) is 8.16. The highest BCUT2D eigenvalue weighted by atomic mass is 16.5. The molecule has 7 nitrogen and oxygen atoms in total. The molecule has 0 aliphatic carbocycles. The number of ether oxygens (including phenoxy) is 2. The molecule has 2 saturated heterocycles. The van der Waals surface area contributed by atoms with E-state index in [0.717, 1.165) is 64.8 Å². The lowest BCUT2D eigenvalue weighted by atomic mass is 9.84. The number of hydrogen-bond donors (Lipinski definition) is 3. The molecule has 0 bridgehead atoms. The van der Waals surface area contributed by atoms with Crippen LogP contribution in [0.4, 0.5) is 0 Å². The van der Waals surface area contributed by atoms with Crippen LogP contribution in [0.2, 0.25) is 0 Å². The smallest absolute Gasteiger partial charge is 0.191 e. The second kappa shape index (κ2) is 10.9. The number of nitrogens with one attached hydrogen (secondary N) is 2. The van der Waals surface area contributed by atoms with Gasteiger partial charge in [-0.25, -0.2) is 0 Å². The van der Waals surface area contributed by atoms with Gasteiger partial charge in [-0.3, -0.25) is 9.89 Å². The molecule has 3 N–H and O–H groups in total. The zero-order chi connectivity index (χ0) is 20.5. The molecule has 2 heterocycles. The van der Waals surface area contributed by atoms with Crippen molar-refractivity contribution < 1.29 is 14.6 Å². The van der Waals surface area contributed by atoms with Crippen LogP contribution in [0.25, 0.3) is 0 Å². The van der Waals surface area contributed by atoms with Gasteiger partial charge in [-0.2, -0.15) is 0 Å². The van der Waals surface area contributed by atoms with Crippen LogP contribution in [0, 0.1) is 12.3 Å². The molecule has 2 aliphatic heterocycles. The van der Waals surface area contributed by atoms with Crippen LogP contribution in [-0.4, -0.2) is 82.2 Å². The highest BCUT2D eigenvalue weighted by Gasteiger charge is 2.34. The van der Waals surface area contributed by atoms with E-state index < -0.39 is 0 Å². The summed E-state index contributed by atoms with van der Waals surface area (Å²) < 4.78 is 11.2. The van der Waals surface area contributed by atoms with E-state index in [2.05, 4.69) is 51.7 Å². The van der Waals surface area contributed by atoms with Gasteiger partial charge in [-0.05, 0) is 25.3 Å². The summed E-state index contributed by atoms with van der Waals surface area (Å²) in [6.45, 7) is 8.72. The fourth-order valence-corrected chi connectivity index (χ4v) is 4.22. The summed E-state index contributed by atoms with van der Waals surface area (Å²) in [6.07, 6.45) is 1.72. The lowest BCUT2D eigenvalue weighted by Crippen LogP contribution is -2.48. The largest absolute Gasteiger partial charge is 0.396 e. The third kappa shape index (κ3) is 6.15. The Balaban J connectivity index is 1.62. The Hall–Kier alpha value is -1.67. The molecule has 162 valence electrons. The van der Waals surface area contributed by atoms with Crippen LogP contribution in [0.15, 0.2) is 29.3 Å².